The van der Waals surface area contributed by atoms with E-state index in [2.05, 4.69) is 4.72 Å². The molecule has 3 N–H and O–H groups in total. The average Bonchev–Trinajstić information content (AvgIpc) is 2.91. The van der Waals surface area contributed by atoms with Crippen LogP contribution in [0.4, 0.5) is 11.4 Å². The second kappa shape index (κ2) is 6.20. The normalized spacial score (nSPS) is 11.4. The molecule has 0 saturated heterocycles. The second-order valence-electron chi connectivity index (χ2n) is 4.26. The van der Waals surface area contributed by atoms with E-state index in [0.29, 0.717) is 6.42 Å². The van der Waals surface area contributed by atoms with Crippen LogP contribution in [-0.4, -0.2) is 19.9 Å². The van der Waals surface area contributed by atoms with Gasteiger partial charge < -0.3 is 5.73 Å². The molecule has 1 aromatic carbocycles. The zero-order chi connectivity index (χ0) is 15.5. The van der Waals surface area contributed by atoms with Crippen LogP contribution >= 0.6 is 11.3 Å². The molecular weight excluding hydrogens is 314 g/mol. The molecule has 21 heavy (non-hydrogen) atoms. The molecule has 2 aromatic rings. The summed E-state index contributed by atoms with van der Waals surface area (Å²) >= 11 is 1.53. The van der Waals surface area contributed by atoms with Crippen molar-refractivity contribution in [2.24, 2.45) is 0 Å². The molecule has 2 rings (SSSR count). The fraction of sp³-hybridized carbons (Fsp3) is 0.167. The minimum atomic E-state index is -3.88. The first-order chi connectivity index (χ1) is 9.90. The molecule has 0 atom stereocenters. The van der Waals surface area contributed by atoms with Gasteiger partial charge in [-0.2, -0.15) is 11.3 Å². The monoisotopic (exact) mass is 327 g/mol. The SMILES string of the molecule is Nc1ccc([N+](=O)[O-])cc1S(=O)(=O)NCCc1ccsc1. The molecule has 0 saturated carbocycles. The van der Waals surface area contributed by atoms with Gasteiger partial charge in [-0.15, -0.1) is 0 Å². The maximum atomic E-state index is 12.1. The maximum Gasteiger partial charge on any atom is 0.270 e. The number of anilines is 1. The van der Waals surface area contributed by atoms with Crippen LogP contribution < -0.4 is 10.5 Å². The Morgan fingerprint density at radius 2 is 2.10 bits per heavy atom. The molecule has 7 nitrogen and oxygen atoms in total. The lowest BCUT2D eigenvalue weighted by atomic mass is 10.2. The van der Waals surface area contributed by atoms with Crippen molar-refractivity contribution in [1.82, 2.24) is 4.72 Å². The third-order valence-electron chi connectivity index (χ3n) is 2.78. The highest BCUT2D eigenvalue weighted by Crippen LogP contribution is 2.23. The molecule has 112 valence electrons. The summed E-state index contributed by atoms with van der Waals surface area (Å²) in [6.07, 6.45) is 0.539. The predicted octanol–water partition coefficient (Wildman–Crippen LogP) is 1.76. The van der Waals surface area contributed by atoms with Crippen LogP contribution in [0.15, 0.2) is 39.9 Å². The molecule has 9 heteroatoms. The van der Waals surface area contributed by atoms with E-state index >= 15 is 0 Å². The zero-order valence-electron chi connectivity index (χ0n) is 10.9. The smallest absolute Gasteiger partial charge is 0.270 e. The van der Waals surface area contributed by atoms with Crippen LogP contribution in [0.1, 0.15) is 5.56 Å². The third kappa shape index (κ3) is 3.78. The van der Waals surface area contributed by atoms with Crippen LogP contribution in [0.3, 0.4) is 0 Å². The van der Waals surface area contributed by atoms with E-state index in [1.165, 1.54) is 23.5 Å². The van der Waals surface area contributed by atoms with Gasteiger partial charge in [-0.05, 0) is 34.9 Å². The number of nitro benzene ring substituents is 1. The first-order valence-corrected chi connectivity index (χ1v) is 8.37. The average molecular weight is 327 g/mol. The van der Waals surface area contributed by atoms with Crippen molar-refractivity contribution in [3.8, 4) is 0 Å². The number of non-ortho nitro benzene ring substituents is 1. The van der Waals surface area contributed by atoms with Gasteiger partial charge >= 0.3 is 0 Å². The molecule has 0 unspecified atom stereocenters. The molecule has 0 radical (unpaired) electrons. The van der Waals surface area contributed by atoms with Gasteiger partial charge in [0.15, 0.2) is 0 Å². The Hall–Kier alpha value is -1.97. The van der Waals surface area contributed by atoms with Gasteiger partial charge in [0.2, 0.25) is 10.0 Å². The molecule has 0 aliphatic carbocycles. The highest BCUT2D eigenvalue weighted by molar-refractivity contribution is 7.89. The summed E-state index contributed by atoms with van der Waals surface area (Å²) in [6, 6.07) is 5.24. The lowest BCUT2D eigenvalue weighted by molar-refractivity contribution is -0.385. The maximum absolute atomic E-state index is 12.1. The van der Waals surface area contributed by atoms with E-state index in [9.17, 15) is 18.5 Å². The van der Waals surface area contributed by atoms with E-state index in [1.54, 1.807) is 0 Å². The van der Waals surface area contributed by atoms with Gasteiger partial charge in [-0.1, -0.05) is 0 Å². The van der Waals surface area contributed by atoms with E-state index in [-0.39, 0.29) is 22.8 Å². The lowest BCUT2D eigenvalue weighted by Gasteiger charge is -2.08. The molecule has 0 bridgehead atoms. The molecule has 1 aromatic heterocycles. The van der Waals surface area contributed by atoms with Gasteiger partial charge in [-0.25, -0.2) is 13.1 Å². The van der Waals surface area contributed by atoms with Crippen molar-refractivity contribution in [3.63, 3.8) is 0 Å². The molecule has 0 spiro atoms. The van der Waals surface area contributed by atoms with E-state index < -0.39 is 14.9 Å². The Balaban J connectivity index is 2.15. The Labute approximate surface area is 125 Å². The first kappa shape index (κ1) is 15.4. The van der Waals surface area contributed by atoms with Crippen LogP contribution in [0, 0.1) is 10.1 Å². The summed E-state index contributed by atoms with van der Waals surface area (Å²) in [5, 5.41) is 14.5. The van der Waals surface area contributed by atoms with Gasteiger partial charge in [0.1, 0.15) is 4.90 Å². The fourth-order valence-electron chi connectivity index (χ4n) is 1.71. The topological polar surface area (TPSA) is 115 Å². The van der Waals surface area contributed by atoms with E-state index in [0.717, 1.165) is 11.6 Å². The summed E-state index contributed by atoms with van der Waals surface area (Å²) in [5.41, 5.74) is 6.28. The highest BCUT2D eigenvalue weighted by Gasteiger charge is 2.20. The molecular formula is C12H13N3O4S2. The van der Waals surface area contributed by atoms with E-state index in [1.807, 2.05) is 16.8 Å². The largest absolute Gasteiger partial charge is 0.398 e. The van der Waals surface area contributed by atoms with Crippen LogP contribution in [0.5, 0.6) is 0 Å². The van der Waals surface area contributed by atoms with Gasteiger partial charge in [0, 0.05) is 18.7 Å². The minimum Gasteiger partial charge on any atom is -0.398 e. The van der Waals surface area contributed by atoms with Crippen molar-refractivity contribution in [3.05, 3.63) is 50.7 Å². The number of nitrogens with zero attached hydrogens (tertiary/aromatic N) is 1. The Morgan fingerprint density at radius 1 is 1.33 bits per heavy atom. The number of nitro groups is 1. The number of nitrogen functional groups attached to an aromatic ring is 1. The van der Waals surface area contributed by atoms with Crippen molar-refractivity contribution in [2.75, 3.05) is 12.3 Å². The van der Waals surface area contributed by atoms with Gasteiger partial charge in [0.05, 0.1) is 10.6 Å². The van der Waals surface area contributed by atoms with Crippen molar-refractivity contribution < 1.29 is 13.3 Å². The number of hydrogen-bond acceptors (Lipinski definition) is 6. The predicted molar refractivity (Wildman–Crippen MR) is 80.7 cm³/mol. The number of thiophene rings is 1. The van der Waals surface area contributed by atoms with E-state index in [4.69, 9.17) is 5.73 Å². The number of nitrogens with two attached hydrogens (primary N) is 1. The van der Waals surface area contributed by atoms with Gasteiger partial charge in [0.25, 0.3) is 5.69 Å². The Morgan fingerprint density at radius 3 is 2.71 bits per heavy atom. The molecule has 0 aliphatic heterocycles. The number of nitrogens with one attached hydrogen (secondary N) is 1. The second-order valence-corrected chi connectivity index (χ2v) is 6.77. The molecule has 0 fully saturated rings. The standard InChI is InChI=1S/C12H13N3O4S2/c13-11-2-1-10(15(16)17)7-12(11)21(18,19)14-5-3-9-4-6-20-8-9/h1-2,4,6-8,14H,3,5,13H2. The number of hydrogen-bond donors (Lipinski definition) is 2. The molecule has 0 amide bonds. The third-order valence-corrected chi connectivity index (χ3v) is 5.03. The zero-order valence-corrected chi connectivity index (χ0v) is 12.5. The van der Waals surface area contributed by atoms with Crippen LogP contribution in [0.25, 0.3) is 0 Å². The van der Waals surface area contributed by atoms with Crippen LogP contribution in [0.2, 0.25) is 0 Å². The van der Waals surface area contributed by atoms with Crippen molar-refractivity contribution in [2.45, 2.75) is 11.3 Å². The minimum absolute atomic E-state index is 0.0244. The summed E-state index contributed by atoms with van der Waals surface area (Å²) in [7, 11) is -3.88. The number of sulfonamides is 1. The van der Waals surface area contributed by atoms with Crippen molar-refractivity contribution in [1.29, 1.82) is 0 Å². The van der Waals surface area contributed by atoms with Crippen molar-refractivity contribution >= 4 is 32.7 Å². The number of benzene rings is 1. The summed E-state index contributed by atoms with van der Waals surface area (Å²) in [4.78, 5) is 9.77. The van der Waals surface area contributed by atoms with Gasteiger partial charge in [-0.3, -0.25) is 10.1 Å². The fourth-order valence-corrected chi connectivity index (χ4v) is 3.60. The summed E-state index contributed by atoms with van der Waals surface area (Å²) in [6.45, 7) is 0.196. The summed E-state index contributed by atoms with van der Waals surface area (Å²) in [5.74, 6) is 0. The lowest BCUT2D eigenvalue weighted by Crippen LogP contribution is -2.26. The highest BCUT2D eigenvalue weighted by atomic mass is 32.2. The number of rotatable bonds is 6. The molecule has 0 aliphatic rings. The Bertz CT molecular complexity index is 742. The Kier molecular flexibility index (Phi) is 4.56. The molecule has 1 heterocycles. The quantitative estimate of drug-likeness (QED) is 0.476. The summed E-state index contributed by atoms with van der Waals surface area (Å²) < 4.78 is 26.7. The first-order valence-electron chi connectivity index (χ1n) is 5.95. The van der Waals surface area contributed by atoms with Crippen LogP contribution in [-0.2, 0) is 16.4 Å².